The van der Waals surface area contributed by atoms with Crippen molar-refractivity contribution in [3.63, 3.8) is 0 Å². The molecule has 1 fully saturated rings. The SMILES string of the molecule is C[C@]1(c2ccccc2)NC(=O)N(CC(=O)N(Cc2ccco2)Cc2cccs2)C1=O. The summed E-state index contributed by atoms with van der Waals surface area (Å²) in [6, 6.07) is 15.8. The zero-order chi connectivity index (χ0) is 21.1. The minimum Gasteiger partial charge on any atom is -0.467 e. The van der Waals surface area contributed by atoms with Crippen LogP contribution in [0.15, 0.2) is 70.7 Å². The summed E-state index contributed by atoms with van der Waals surface area (Å²) in [7, 11) is 0. The van der Waals surface area contributed by atoms with Crippen LogP contribution in [0.2, 0.25) is 0 Å². The number of rotatable bonds is 7. The zero-order valence-electron chi connectivity index (χ0n) is 16.4. The summed E-state index contributed by atoms with van der Waals surface area (Å²) < 4.78 is 5.39. The summed E-state index contributed by atoms with van der Waals surface area (Å²) in [6.07, 6.45) is 1.55. The lowest BCUT2D eigenvalue weighted by Crippen LogP contribution is -2.44. The highest BCUT2D eigenvalue weighted by atomic mass is 32.1. The molecule has 0 aliphatic carbocycles. The lowest BCUT2D eigenvalue weighted by Gasteiger charge is -2.24. The standard InChI is InChI=1S/C22H21N3O4S/c1-22(16-7-3-2-4-8-16)20(27)25(21(28)23-22)15-19(26)24(13-17-9-5-11-29-17)14-18-10-6-12-30-18/h2-12H,13-15H2,1H3,(H,23,28)/t22-/m1/s1. The summed E-state index contributed by atoms with van der Waals surface area (Å²) in [6.45, 7) is 1.94. The Morgan fingerprint density at radius 2 is 1.90 bits per heavy atom. The van der Waals surface area contributed by atoms with Crippen LogP contribution in [0, 0.1) is 0 Å². The van der Waals surface area contributed by atoms with Gasteiger partial charge in [-0.3, -0.25) is 14.5 Å². The van der Waals surface area contributed by atoms with Crippen LogP contribution in [-0.2, 0) is 28.2 Å². The Bertz CT molecular complexity index is 998. The van der Waals surface area contributed by atoms with Crippen LogP contribution >= 0.6 is 11.3 Å². The van der Waals surface area contributed by atoms with Gasteiger partial charge in [0, 0.05) is 4.88 Å². The Kier molecular flexibility index (Phi) is 5.41. The number of hydrogen-bond donors (Lipinski definition) is 1. The second-order valence-electron chi connectivity index (χ2n) is 7.22. The Labute approximate surface area is 177 Å². The molecule has 1 saturated heterocycles. The summed E-state index contributed by atoms with van der Waals surface area (Å²) >= 11 is 1.54. The van der Waals surface area contributed by atoms with E-state index in [-0.39, 0.29) is 19.0 Å². The topological polar surface area (TPSA) is 82.9 Å². The van der Waals surface area contributed by atoms with Crippen LogP contribution in [0.25, 0.3) is 0 Å². The number of thiophene rings is 1. The number of urea groups is 1. The van der Waals surface area contributed by atoms with Gasteiger partial charge in [0.05, 0.1) is 19.4 Å². The summed E-state index contributed by atoms with van der Waals surface area (Å²) in [5.74, 6) is -0.145. The molecule has 1 aromatic carbocycles. The highest BCUT2D eigenvalue weighted by Gasteiger charge is 2.49. The highest BCUT2D eigenvalue weighted by Crippen LogP contribution is 2.28. The lowest BCUT2D eigenvalue weighted by molar-refractivity contribution is -0.139. The van der Waals surface area contributed by atoms with Crippen molar-refractivity contribution in [3.05, 3.63) is 82.4 Å². The molecule has 0 bridgehead atoms. The Hall–Kier alpha value is -3.39. The molecule has 1 atom stereocenters. The van der Waals surface area contributed by atoms with Gasteiger partial charge in [-0.05, 0) is 36.1 Å². The van der Waals surface area contributed by atoms with E-state index in [0.29, 0.717) is 17.9 Å². The quantitative estimate of drug-likeness (QED) is 0.591. The summed E-state index contributed by atoms with van der Waals surface area (Å²) in [4.78, 5) is 42.3. The fourth-order valence-corrected chi connectivity index (χ4v) is 4.18. The van der Waals surface area contributed by atoms with Crippen molar-refractivity contribution in [2.45, 2.75) is 25.6 Å². The average molecular weight is 423 g/mol. The van der Waals surface area contributed by atoms with Gasteiger partial charge < -0.3 is 14.6 Å². The van der Waals surface area contributed by atoms with E-state index in [9.17, 15) is 14.4 Å². The largest absolute Gasteiger partial charge is 0.467 e. The predicted octanol–water partition coefficient (Wildman–Crippen LogP) is 3.34. The molecule has 154 valence electrons. The van der Waals surface area contributed by atoms with Crippen LogP contribution in [0.1, 0.15) is 23.1 Å². The van der Waals surface area contributed by atoms with E-state index in [2.05, 4.69) is 5.32 Å². The molecular formula is C22H21N3O4S. The molecule has 0 spiro atoms. The molecule has 3 heterocycles. The van der Waals surface area contributed by atoms with E-state index in [1.54, 1.807) is 54.5 Å². The van der Waals surface area contributed by atoms with Crippen LogP contribution in [0.5, 0.6) is 0 Å². The van der Waals surface area contributed by atoms with Gasteiger partial charge in [-0.1, -0.05) is 36.4 Å². The molecule has 1 aliphatic rings. The first-order valence-corrected chi connectivity index (χ1v) is 10.4. The monoisotopic (exact) mass is 423 g/mol. The summed E-state index contributed by atoms with van der Waals surface area (Å²) in [5.41, 5.74) is -0.526. The number of imide groups is 1. The van der Waals surface area contributed by atoms with Gasteiger partial charge in [0.25, 0.3) is 5.91 Å². The number of benzene rings is 1. The van der Waals surface area contributed by atoms with Gasteiger partial charge in [-0.15, -0.1) is 11.3 Å². The number of carbonyl (C=O) groups excluding carboxylic acids is 3. The smallest absolute Gasteiger partial charge is 0.325 e. The van der Waals surface area contributed by atoms with Crippen molar-refractivity contribution in [2.24, 2.45) is 0 Å². The van der Waals surface area contributed by atoms with Crippen molar-refractivity contribution in [1.29, 1.82) is 0 Å². The molecular weight excluding hydrogens is 402 g/mol. The van der Waals surface area contributed by atoms with E-state index in [1.165, 1.54) is 11.3 Å². The van der Waals surface area contributed by atoms with Crippen molar-refractivity contribution >= 4 is 29.2 Å². The maximum absolute atomic E-state index is 13.1. The number of hydrogen-bond acceptors (Lipinski definition) is 5. The minimum absolute atomic E-state index is 0.253. The van der Waals surface area contributed by atoms with Gasteiger partial charge in [-0.2, -0.15) is 0 Å². The van der Waals surface area contributed by atoms with Crippen LogP contribution in [0.3, 0.4) is 0 Å². The molecule has 3 aromatic rings. The van der Waals surface area contributed by atoms with Gasteiger partial charge in [0.15, 0.2) is 0 Å². The Morgan fingerprint density at radius 3 is 2.57 bits per heavy atom. The number of nitrogens with one attached hydrogen (secondary N) is 1. The number of furan rings is 1. The van der Waals surface area contributed by atoms with Gasteiger partial charge in [0.2, 0.25) is 5.91 Å². The fourth-order valence-electron chi connectivity index (χ4n) is 3.46. The van der Waals surface area contributed by atoms with Crippen LogP contribution in [-0.4, -0.2) is 34.2 Å². The van der Waals surface area contributed by atoms with Crippen molar-refractivity contribution in [1.82, 2.24) is 15.1 Å². The van der Waals surface area contributed by atoms with Gasteiger partial charge in [-0.25, -0.2) is 4.79 Å². The van der Waals surface area contributed by atoms with E-state index in [4.69, 9.17) is 4.42 Å². The first kappa shape index (κ1) is 19.9. The maximum atomic E-state index is 13.1. The third-order valence-corrected chi connectivity index (χ3v) is 5.99. The first-order valence-electron chi connectivity index (χ1n) is 9.49. The van der Waals surface area contributed by atoms with Crippen LogP contribution in [0.4, 0.5) is 4.79 Å². The van der Waals surface area contributed by atoms with E-state index >= 15 is 0 Å². The molecule has 4 rings (SSSR count). The molecule has 0 radical (unpaired) electrons. The third kappa shape index (κ3) is 3.86. The fraction of sp³-hybridized carbons (Fsp3) is 0.227. The maximum Gasteiger partial charge on any atom is 0.325 e. The number of carbonyl (C=O) groups is 3. The lowest BCUT2D eigenvalue weighted by atomic mass is 9.92. The van der Waals surface area contributed by atoms with E-state index in [0.717, 1.165) is 9.78 Å². The second kappa shape index (κ2) is 8.16. The first-order chi connectivity index (χ1) is 14.5. The molecule has 1 N–H and O–H groups in total. The van der Waals surface area contributed by atoms with Crippen molar-refractivity contribution < 1.29 is 18.8 Å². The third-order valence-electron chi connectivity index (χ3n) is 5.13. The molecule has 30 heavy (non-hydrogen) atoms. The average Bonchev–Trinajstić information content (AvgIpc) is 3.48. The number of nitrogens with zero attached hydrogens (tertiary/aromatic N) is 2. The molecule has 0 saturated carbocycles. The van der Waals surface area contributed by atoms with Crippen molar-refractivity contribution in [2.75, 3.05) is 6.54 Å². The molecule has 1 aliphatic heterocycles. The Balaban J connectivity index is 1.52. The van der Waals surface area contributed by atoms with E-state index < -0.39 is 17.5 Å². The zero-order valence-corrected chi connectivity index (χ0v) is 17.2. The van der Waals surface area contributed by atoms with Gasteiger partial charge in [0.1, 0.15) is 17.8 Å². The van der Waals surface area contributed by atoms with Crippen molar-refractivity contribution in [3.8, 4) is 0 Å². The molecule has 7 nitrogen and oxygen atoms in total. The van der Waals surface area contributed by atoms with Gasteiger partial charge >= 0.3 is 6.03 Å². The number of amides is 4. The highest BCUT2D eigenvalue weighted by molar-refractivity contribution is 7.09. The molecule has 0 unspecified atom stereocenters. The van der Waals surface area contributed by atoms with Crippen LogP contribution < -0.4 is 5.32 Å². The molecule has 4 amide bonds. The summed E-state index contributed by atoms with van der Waals surface area (Å²) in [5, 5.41) is 4.67. The Morgan fingerprint density at radius 1 is 1.10 bits per heavy atom. The predicted molar refractivity (Wildman–Crippen MR) is 111 cm³/mol. The minimum atomic E-state index is -1.20. The second-order valence-corrected chi connectivity index (χ2v) is 8.25. The molecule has 8 heteroatoms. The van der Waals surface area contributed by atoms with E-state index in [1.807, 2.05) is 23.6 Å². The normalized spacial score (nSPS) is 18.5. The molecule has 2 aromatic heterocycles.